The molecule has 0 radical (unpaired) electrons. The fourth-order valence-electron chi connectivity index (χ4n) is 6.94. The van der Waals surface area contributed by atoms with Crippen molar-refractivity contribution in [2.45, 2.75) is 63.6 Å². The van der Waals surface area contributed by atoms with E-state index in [1.54, 1.807) is 0 Å². The molecule has 242 valence electrons. The second-order valence-corrected chi connectivity index (χ2v) is 14.6. The lowest BCUT2D eigenvalue weighted by Crippen LogP contribution is -2.42. The minimum Gasteiger partial charge on any atom is -0.214 e. The van der Waals surface area contributed by atoms with Gasteiger partial charge in [0.25, 0.3) is 0 Å². The van der Waals surface area contributed by atoms with E-state index in [2.05, 4.69) is 187 Å². The Morgan fingerprint density at radius 2 is 0.479 bits per heavy atom. The predicted octanol–water partition coefficient (Wildman–Crippen LogP) is 11.5. The number of hydrogen-bond acceptors (Lipinski definition) is 2. The van der Waals surface area contributed by atoms with Crippen molar-refractivity contribution >= 4 is 0 Å². The molecule has 0 atom stereocenters. The van der Waals surface area contributed by atoms with Gasteiger partial charge in [-0.1, -0.05) is 211 Å². The summed E-state index contributed by atoms with van der Waals surface area (Å²) in [5.41, 5.74) is 5.74. The SMILES string of the molecule is CC(C)(C)c1ccccc1C(OOC(c1ccccc1)(c1ccccc1)c1ccccc1C(C)(C)C)(c1ccccc1)c1ccccc1. The molecule has 6 aromatic carbocycles. The van der Waals surface area contributed by atoms with E-state index < -0.39 is 11.2 Å². The summed E-state index contributed by atoms with van der Waals surface area (Å²) in [5, 5.41) is 0. The first kappa shape index (κ1) is 33.2. The van der Waals surface area contributed by atoms with Crippen LogP contribution in [0, 0.1) is 0 Å². The van der Waals surface area contributed by atoms with Gasteiger partial charge in [0.1, 0.15) is 0 Å². The van der Waals surface area contributed by atoms with Crippen LogP contribution in [-0.2, 0) is 31.8 Å². The van der Waals surface area contributed by atoms with Crippen LogP contribution < -0.4 is 0 Å². The van der Waals surface area contributed by atoms with E-state index in [0.717, 1.165) is 33.4 Å². The van der Waals surface area contributed by atoms with Crippen LogP contribution in [0.4, 0.5) is 0 Å². The van der Waals surface area contributed by atoms with Gasteiger partial charge in [0.15, 0.2) is 11.2 Å². The Morgan fingerprint density at radius 3 is 0.708 bits per heavy atom. The van der Waals surface area contributed by atoms with Gasteiger partial charge in [-0.2, -0.15) is 0 Å². The molecule has 0 unspecified atom stereocenters. The molecule has 48 heavy (non-hydrogen) atoms. The summed E-state index contributed by atoms with van der Waals surface area (Å²) in [4.78, 5) is 14.8. The van der Waals surface area contributed by atoms with Crippen LogP contribution in [0.5, 0.6) is 0 Å². The van der Waals surface area contributed by atoms with Crippen LogP contribution in [0.2, 0.25) is 0 Å². The summed E-state index contributed by atoms with van der Waals surface area (Å²) in [6, 6.07) is 59.2. The molecule has 6 aromatic rings. The van der Waals surface area contributed by atoms with Crippen molar-refractivity contribution in [3.05, 3.63) is 214 Å². The van der Waals surface area contributed by atoms with Crippen LogP contribution in [-0.4, -0.2) is 0 Å². The molecule has 2 heteroatoms. The Bertz CT molecular complexity index is 1690. The van der Waals surface area contributed by atoms with Gasteiger partial charge in [0.05, 0.1) is 0 Å². The van der Waals surface area contributed by atoms with Crippen molar-refractivity contribution in [3.63, 3.8) is 0 Å². The topological polar surface area (TPSA) is 18.5 Å². The van der Waals surface area contributed by atoms with Crippen molar-refractivity contribution in [3.8, 4) is 0 Å². The zero-order chi connectivity index (χ0) is 33.8. The molecule has 0 aromatic heterocycles. The van der Waals surface area contributed by atoms with Gasteiger partial charge < -0.3 is 0 Å². The normalized spacial score (nSPS) is 12.5. The summed E-state index contributed by atoms with van der Waals surface area (Å²) in [5.74, 6) is 0. The van der Waals surface area contributed by atoms with Crippen molar-refractivity contribution in [2.24, 2.45) is 0 Å². The fraction of sp³-hybridized carbons (Fsp3) is 0.217. The maximum absolute atomic E-state index is 7.42. The highest BCUT2D eigenvalue weighted by molar-refractivity contribution is 5.54. The molecule has 0 aliphatic rings. The third kappa shape index (κ3) is 6.15. The van der Waals surface area contributed by atoms with Gasteiger partial charge in [-0.05, 0) is 55.3 Å². The first-order chi connectivity index (χ1) is 23.1. The monoisotopic (exact) mass is 630 g/mol. The molecule has 0 amide bonds. The zero-order valence-corrected chi connectivity index (χ0v) is 29.0. The Labute approximate surface area is 287 Å². The Morgan fingerprint density at radius 1 is 0.271 bits per heavy atom. The highest BCUT2D eigenvalue weighted by atomic mass is 17.2. The maximum atomic E-state index is 7.42. The molecule has 0 fully saturated rings. The molecule has 0 aliphatic carbocycles. The lowest BCUT2D eigenvalue weighted by molar-refractivity contribution is -0.388. The second kappa shape index (κ2) is 13.4. The summed E-state index contributed by atoms with van der Waals surface area (Å²) < 4.78 is 0. The average Bonchev–Trinajstić information content (AvgIpc) is 3.11. The smallest absolute Gasteiger partial charge is 0.179 e. The number of hydrogen-bond donors (Lipinski definition) is 0. The Balaban J connectivity index is 1.72. The minimum absolute atomic E-state index is 0.177. The third-order valence-corrected chi connectivity index (χ3v) is 9.24. The third-order valence-electron chi connectivity index (χ3n) is 9.24. The molecule has 0 heterocycles. The van der Waals surface area contributed by atoms with Crippen molar-refractivity contribution in [2.75, 3.05) is 0 Å². The number of rotatable bonds is 9. The average molecular weight is 631 g/mol. The summed E-state index contributed by atoms with van der Waals surface area (Å²) in [6.45, 7) is 13.5. The van der Waals surface area contributed by atoms with Crippen molar-refractivity contribution in [1.29, 1.82) is 0 Å². The van der Waals surface area contributed by atoms with Crippen molar-refractivity contribution in [1.82, 2.24) is 0 Å². The van der Waals surface area contributed by atoms with E-state index in [1.165, 1.54) is 11.1 Å². The highest BCUT2D eigenvalue weighted by Gasteiger charge is 2.48. The largest absolute Gasteiger partial charge is 0.214 e. The number of benzene rings is 6. The second-order valence-electron chi connectivity index (χ2n) is 14.6. The van der Waals surface area contributed by atoms with Gasteiger partial charge in [-0.25, -0.2) is 9.78 Å². The van der Waals surface area contributed by atoms with E-state index in [0.29, 0.717) is 0 Å². The van der Waals surface area contributed by atoms with Gasteiger partial charge in [-0.3, -0.25) is 0 Å². The maximum Gasteiger partial charge on any atom is 0.179 e. The molecule has 2 nitrogen and oxygen atoms in total. The van der Waals surface area contributed by atoms with Gasteiger partial charge in [0.2, 0.25) is 0 Å². The van der Waals surface area contributed by atoms with E-state index in [1.807, 2.05) is 24.3 Å². The minimum atomic E-state index is -1.13. The summed E-state index contributed by atoms with van der Waals surface area (Å²) >= 11 is 0. The summed E-state index contributed by atoms with van der Waals surface area (Å²) in [6.07, 6.45) is 0. The molecule has 6 rings (SSSR count). The lowest BCUT2D eigenvalue weighted by atomic mass is 9.72. The van der Waals surface area contributed by atoms with E-state index in [9.17, 15) is 0 Å². The van der Waals surface area contributed by atoms with E-state index in [-0.39, 0.29) is 10.8 Å². The standard InChI is InChI=1S/C46H46O2/c1-43(2,3)39-31-19-21-33-41(39)45(35-23-11-7-12-24-35,36-25-13-8-14-26-36)47-48-46(37-27-15-9-16-28-37,38-29-17-10-18-30-38)42-34-22-20-32-40(42)44(4,5)6/h7-34H,1-6H3. The van der Waals surface area contributed by atoms with Gasteiger partial charge in [0, 0.05) is 0 Å². The van der Waals surface area contributed by atoms with E-state index in [4.69, 9.17) is 9.78 Å². The molecular weight excluding hydrogens is 585 g/mol. The first-order valence-electron chi connectivity index (χ1n) is 16.9. The Hall–Kier alpha value is -4.76. The van der Waals surface area contributed by atoms with Crippen LogP contribution in [0.15, 0.2) is 170 Å². The van der Waals surface area contributed by atoms with Crippen LogP contribution in [0.1, 0.15) is 86.1 Å². The van der Waals surface area contributed by atoms with Crippen LogP contribution in [0.25, 0.3) is 0 Å². The molecule has 0 spiro atoms. The van der Waals surface area contributed by atoms with Gasteiger partial charge in [-0.15, -0.1) is 0 Å². The summed E-state index contributed by atoms with van der Waals surface area (Å²) in [7, 11) is 0. The van der Waals surface area contributed by atoms with Gasteiger partial charge >= 0.3 is 0 Å². The molecule has 0 saturated carbocycles. The highest BCUT2D eigenvalue weighted by Crippen LogP contribution is 2.50. The molecular formula is C46H46O2. The lowest BCUT2D eigenvalue weighted by Gasteiger charge is -2.43. The Kier molecular flexibility index (Phi) is 9.25. The quantitative estimate of drug-likeness (QED) is 0.0899. The zero-order valence-electron chi connectivity index (χ0n) is 29.0. The predicted molar refractivity (Wildman–Crippen MR) is 198 cm³/mol. The first-order valence-corrected chi connectivity index (χ1v) is 16.9. The van der Waals surface area contributed by atoms with Crippen LogP contribution >= 0.6 is 0 Å². The van der Waals surface area contributed by atoms with Crippen LogP contribution in [0.3, 0.4) is 0 Å². The fourth-order valence-corrected chi connectivity index (χ4v) is 6.94. The molecule has 0 N–H and O–H groups in total. The molecule has 0 aliphatic heterocycles. The molecule has 0 bridgehead atoms. The van der Waals surface area contributed by atoms with Crippen molar-refractivity contribution < 1.29 is 9.78 Å². The van der Waals surface area contributed by atoms with E-state index >= 15 is 0 Å². The molecule has 0 saturated heterocycles.